The van der Waals surface area contributed by atoms with Crippen LogP contribution in [0, 0.1) is 0 Å². The highest BCUT2D eigenvalue weighted by Crippen LogP contribution is 2.17. The minimum atomic E-state index is -0.148. The number of hydrogen-bond donors (Lipinski definition) is 2. The second-order valence-corrected chi connectivity index (χ2v) is 3.44. The Morgan fingerprint density at radius 1 is 1.40 bits per heavy atom. The van der Waals surface area contributed by atoms with Gasteiger partial charge in [-0.15, -0.1) is 0 Å². The molecule has 0 unspecified atom stereocenters. The van der Waals surface area contributed by atoms with Gasteiger partial charge >= 0.3 is 0 Å². The molecule has 1 aromatic carbocycles. The van der Waals surface area contributed by atoms with Crippen molar-refractivity contribution in [2.75, 3.05) is 12.4 Å². The van der Waals surface area contributed by atoms with Crippen molar-refractivity contribution in [3.05, 3.63) is 45.8 Å². The molecule has 15 heavy (non-hydrogen) atoms. The smallest absolute Gasteiger partial charge is 0.294 e. The van der Waals surface area contributed by atoms with E-state index < -0.39 is 0 Å². The predicted octanol–water partition coefficient (Wildman–Crippen LogP) is 1.86. The van der Waals surface area contributed by atoms with E-state index in [1.54, 1.807) is 25.4 Å². The number of aromatic amines is 1. The second-order valence-electron chi connectivity index (χ2n) is 3.03. The molecule has 0 amide bonds. The summed E-state index contributed by atoms with van der Waals surface area (Å²) in [7, 11) is 1.70. The van der Waals surface area contributed by atoms with E-state index in [9.17, 15) is 4.79 Å². The molecule has 2 aromatic rings. The fourth-order valence-corrected chi connectivity index (χ4v) is 1.58. The first kappa shape index (κ1) is 9.86. The number of para-hydroxylation sites is 1. The fourth-order valence-electron chi connectivity index (χ4n) is 1.36. The molecular formula is C10H10ClN3O. The monoisotopic (exact) mass is 223 g/mol. The maximum absolute atomic E-state index is 11.8. The summed E-state index contributed by atoms with van der Waals surface area (Å²) in [6.07, 6.45) is 1.60. The molecule has 0 saturated carbocycles. The van der Waals surface area contributed by atoms with Gasteiger partial charge in [-0.2, -0.15) is 0 Å². The van der Waals surface area contributed by atoms with Crippen molar-refractivity contribution in [2.45, 2.75) is 0 Å². The Labute approximate surface area is 91.5 Å². The highest BCUT2D eigenvalue weighted by Gasteiger charge is 2.08. The second kappa shape index (κ2) is 3.82. The normalized spacial score (nSPS) is 10.3. The molecule has 0 atom stereocenters. The SMILES string of the molecule is CNc1c[nH]n(-c2ccccc2Cl)c1=O. The minimum Gasteiger partial charge on any atom is -0.382 e. The molecule has 5 heteroatoms. The summed E-state index contributed by atoms with van der Waals surface area (Å²) >= 11 is 5.98. The first-order valence-electron chi connectivity index (χ1n) is 4.47. The third kappa shape index (κ3) is 1.64. The van der Waals surface area contributed by atoms with E-state index in [1.807, 2.05) is 12.1 Å². The van der Waals surface area contributed by atoms with Crippen LogP contribution in [-0.2, 0) is 0 Å². The van der Waals surface area contributed by atoms with E-state index in [0.29, 0.717) is 16.4 Å². The fraction of sp³-hybridized carbons (Fsp3) is 0.100. The van der Waals surface area contributed by atoms with Crippen LogP contribution in [0.4, 0.5) is 5.69 Å². The first-order chi connectivity index (χ1) is 7.24. The van der Waals surface area contributed by atoms with Crippen molar-refractivity contribution in [2.24, 2.45) is 0 Å². The van der Waals surface area contributed by atoms with Crippen molar-refractivity contribution in [1.82, 2.24) is 9.78 Å². The Balaban J connectivity index is 2.60. The Morgan fingerprint density at radius 3 is 2.73 bits per heavy atom. The number of nitrogens with one attached hydrogen (secondary N) is 2. The van der Waals surface area contributed by atoms with E-state index in [1.165, 1.54) is 4.68 Å². The van der Waals surface area contributed by atoms with Crippen molar-refractivity contribution in [3.8, 4) is 5.69 Å². The number of halogens is 1. The summed E-state index contributed by atoms with van der Waals surface area (Å²) in [5, 5.41) is 6.17. The molecule has 0 spiro atoms. The Bertz CT molecular complexity index is 529. The summed E-state index contributed by atoms with van der Waals surface area (Å²) < 4.78 is 1.40. The number of hydrogen-bond acceptors (Lipinski definition) is 2. The molecule has 4 nitrogen and oxygen atoms in total. The Morgan fingerprint density at radius 2 is 2.13 bits per heavy atom. The molecule has 0 aliphatic rings. The topological polar surface area (TPSA) is 49.8 Å². The van der Waals surface area contributed by atoms with E-state index in [2.05, 4.69) is 10.4 Å². The lowest BCUT2D eigenvalue weighted by Crippen LogP contribution is -2.16. The third-order valence-corrected chi connectivity index (χ3v) is 2.45. The quantitative estimate of drug-likeness (QED) is 0.817. The van der Waals surface area contributed by atoms with Gasteiger partial charge in [-0.1, -0.05) is 23.7 Å². The molecule has 2 N–H and O–H groups in total. The van der Waals surface area contributed by atoms with Crippen molar-refractivity contribution < 1.29 is 0 Å². The van der Waals surface area contributed by atoms with Crippen LogP contribution >= 0.6 is 11.6 Å². The van der Waals surface area contributed by atoms with Crippen molar-refractivity contribution in [3.63, 3.8) is 0 Å². The molecule has 1 heterocycles. The largest absolute Gasteiger partial charge is 0.382 e. The maximum Gasteiger partial charge on any atom is 0.294 e. The zero-order valence-corrected chi connectivity index (χ0v) is 8.88. The van der Waals surface area contributed by atoms with Crippen LogP contribution in [0.25, 0.3) is 5.69 Å². The standard InChI is InChI=1S/C10H10ClN3O/c1-12-8-6-13-14(10(8)15)9-5-3-2-4-7(9)11/h2-6,12-13H,1H3. The molecular weight excluding hydrogens is 214 g/mol. The number of nitrogens with zero attached hydrogens (tertiary/aromatic N) is 1. The van der Waals surface area contributed by atoms with Gasteiger partial charge in [-0.05, 0) is 12.1 Å². The van der Waals surface area contributed by atoms with Crippen molar-refractivity contribution in [1.29, 1.82) is 0 Å². The highest BCUT2D eigenvalue weighted by molar-refractivity contribution is 6.32. The predicted molar refractivity (Wildman–Crippen MR) is 60.9 cm³/mol. The lowest BCUT2D eigenvalue weighted by atomic mass is 10.3. The van der Waals surface area contributed by atoms with E-state index in [0.717, 1.165) is 0 Å². The maximum atomic E-state index is 11.8. The molecule has 1 aromatic heterocycles. The number of benzene rings is 1. The van der Waals surface area contributed by atoms with Gasteiger partial charge in [0.25, 0.3) is 5.56 Å². The van der Waals surface area contributed by atoms with Crippen molar-refractivity contribution >= 4 is 17.3 Å². The lowest BCUT2D eigenvalue weighted by Gasteiger charge is -2.02. The Hall–Kier alpha value is -1.68. The molecule has 0 radical (unpaired) electrons. The first-order valence-corrected chi connectivity index (χ1v) is 4.85. The van der Waals surface area contributed by atoms with E-state index in [4.69, 9.17) is 11.6 Å². The van der Waals surface area contributed by atoms with Gasteiger partial charge in [0, 0.05) is 13.2 Å². The van der Waals surface area contributed by atoms with E-state index in [-0.39, 0.29) is 5.56 Å². The molecule has 2 rings (SSSR count). The third-order valence-electron chi connectivity index (χ3n) is 2.13. The van der Waals surface area contributed by atoms with Gasteiger partial charge < -0.3 is 5.32 Å². The van der Waals surface area contributed by atoms with Crippen LogP contribution in [0.3, 0.4) is 0 Å². The van der Waals surface area contributed by atoms with Gasteiger partial charge in [-0.25, -0.2) is 4.68 Å². The number of H-pyrrole nitrogens is 1. The number of aromatic nitrogens is 2. The van der Waals surface area contributed by atoms with Crippen LogP contribution in [0.15, 0.2) is 35.3 Å². The molecule has 0 aliphatic carbocycles. The highest BCUT2D eigenvalue weighted by atomic mass is 35.5. The van der Waals surface area contributed by atoms with Gasteiger partial charge in [0.05, 0.1) is 10.7 Å². The van der Waals surface area contributed by atoms with Crippen LogP contribution < -0.4 is 10.9 Å². The molecule has 0 bridgehead atoms. The molecule has 0 saturated heterocycles. The van der Waals surface area contributed by atoms with Crippen LogP contribution in [-0.4, -0.2) is 16.8 Å². The van der Waals surface area contributed by atoms with Crippen LogP contribution in [0.1, 0.15) is 0 Å². The molecule has 0 aliphatic heterocycles. The Kier molecular flexibility index (Phi) is 2.51. The molecule has 78 valence electrons. The lowest BCUT2D eigenvalue weighted by molar-refractivity contribution is 0.850. The average Bonchev–Trinajstić information content (AvgIpc) is 2.60. The van der Waals surface area contributed by atoms with E-state index >= 15 is 0 Å². The zero-order chi connectivity index (χ0) is 10.8. The van der Waals surface area contributed by atoms with Crippen LogP contribution in [0.2, 0.25) is 5.02 Å². The molecule has 0 fully saturated rings. The van der Waals surface area contributed by atoms with Crippen LogP contribution in [0.5, 0.6) is 0 Å². The zero-order valence-electron chi connectivity index (χ0n) is 8.12. The number of rotatable bonds is 2. The average molecular weight is 224 g/mol. The number of anilines is 1. The van der Waals surface area contributed by atoms with Gasteiger partial charge in [0.1, 0.15) is 5.69 Å². The minimum absolute atomic E-state index is 0.148. The summed E-state index contributed by atoms with van der Waals surface area (Å²) in [6, 6.07) is 7.16. The summed E-state index contributed by atoms with van der Waals surface area (Å²) in [5.41, 5.74) is 1.01. The van der Waals surface area contributed by atoms with Gasteiger partial charge in [-0.3, -0.25) is 9.89 Å². The van der Waals surface area contributed by atoms with Gasteiger partial charge in [0.15, 0.2) is 0 Å². The van der Waals surface area contributed by atoms with Gasteiger partial charge in [0.2, 0.25) is 0 Å². The summed E-state index contributed by atoms with van der Waals surface area (Å²) in [6.45, 7) is 0. The summed E-state index contributed by atoms with van der Waals surface area (Å²) in [4.78, 5) is 11.8. The summed E-state index contributed by atoms with van der Waals surface area (Å²) in [5.74, 6) is 0.